The van der Waals surface area contributed by atoms with Crippen LogP contribution in [-0.2, 0) is 19.1 Å². The summed E-state index contributed by atoms with van der Waals surface area (Å²) >= 11 is 0. The molecular formula is C40H79NO5. The SMILES string of the molecule is CCCCCCCCCC(CCCCCCCC)OC(=O)CCCN(CCO)CCCC(=O)OC(CCC)CCCCCCCC. The predicted molar refractivity (Wildman–Crippen MR) is 195 cm³/mol. The maximum atomic E-state index is 12.8. The van der Waals surface area contributed by atoms with Crippen molar-refractivity contribution in [1.29, 1.82) is 0 Å². The Bertz CT molecular complexity index is 658. The molecule has 0 aliphatic carbocycles. The molecular weight excluding hydrogens is 574 g/mol. The number of nitrogens with zero attached hydrogens (tertiary/aromatic N) is 1. The summed E-state index contributed by atoms with van der Waals surface area (Å²) in [6.45, 7) is 11.0. The first-order valence-electron chi connectivity index (χ1n) is 20.2. The second-order valence-corrected chi connectivity index (χ2v) is 13.8. The zero-order valence-corrected chi connectivity index (χ0v) is 31.3. The number of unbranched alkanes of at least 4 members (excludes halogenated alkanes) is 16. The van der Waals surface area contributed by atoms with E-state index in [2.05, 4.69) is 32.6 Å². The van der Waals surface area contributed by atoms with E-state index >= 15 is 0 Å². The largest absolute Gasteiger partial charge is 0.462 e. The normalized spacial score (nSPS) is 12.8. The summed E-state index contributed by atoms with van der Waals surface area (Å²) in [5.74, 6) is -0.187. The first-order valence-corrected chi connectivity index (χ1v) is 20.2. The van der Waals surface area contributed by atoms with Crippen molar-refractivity contribution >= 4 is 11.9 Å². The third-order valence-electron chi connectivity index (χ3n) is 9.22. The summed E-state index contributed by atoms with van der Waals surface area (Å²) in [5.41, 5.74) is 0. The molecule has 0 spiro atoms. The van der Waals surface area contributed by atoms with Gasteiger partial charge >= 0.3 is 11.9 Å². The van der Waals surface area contributed by atoms with Crippen molar-refractivity contribution in [2.75, 3.05) is 26.2 Å². The third kappa shape index (κ3) is 30.2. The summed E-state index contributed by atoms with van der Waals surface area (Å²) in [5, 5.41) is 9.59. The highest BCUT2D eigenvalue weighted by Crippen LogP contribution is 2.19. The number of aliphatic hydroxyl groups is 1. The Morgan fingerprint density at radius 1 is 0.457 bits per heavy atom. The van der Waals surface area contributed by atoms with Crippen LogP contribution in [0.3, 0.4) is 0 Å². The maximum absolute atomic E-state index is 12.8. The minimum atomic E-state index is -0.102. The lowest BCUT2D eigenvalue weighted by Crippen LogP contribution is -2.30. The van der Waals surface area contributed by atoms with Gasteiger partial charge in [-0.15, -0.1) is 0 Å². The van der Waals surface area contributed by atoms with Gasteiger partial charge in [-0.3, -0.25) is 9.59 Å². The fourth-order valence-electron chi connectivity index (χ4n) is 6.34. The third-order valence-corrected chi connectivity index (χ3v) is 9.22. The van der Waals surface area contributed by atoms with Crippen molar-refractivity contribution in [2.45, 2.75) is 220 Å². The van der Waals surface area contributed by atoms with Crippen LogP contribution in [0.4, 0.5) is 0 Å². The zero-order valence-electron chi connectivity index (χ0n) is 31.3. The van der Waals surface area contributed by atoms with Gasteiger partial charge in [0.15, 0.2) is 0 Å². The van der Waals surface area contributed by atoms with E-state index in [0.29, 0.717) is 32.2 Å². The molecule has 0 saturated heterocycles. The summed E-state index contributed by atoms with van der Waals surface area (Å²) in [7, 11) is 0. The van der Waals surface area contributed by atoms with Crippen LogP contribution in [0.15, 0.2) is 0 Å². The van der Waals surface area contributed by atoms with Crippen molar-refractivity contribution in [2.24, 2.45) is 0 Å². The monoisotopic (exact) mass is 654 g/mol. The molecule has 6 nitrogen and oxygen atoms in total. The lowest BCUT2D eigenvalue weighted by atomic mass is 10.0. The topological polar surface area (TPSA) is 76.1 Å². The molecule has 1 N–H and O–H groups in total. The average Bonchev–Trinajstić information content (AvgIpc) is 3.03. The van der Waals surface area contributed by atoms with E-state index in [9.17, 15) is 14.7 Å². The van der Waals surface area contributed by atoms with Crippen molar-refractivity contribution < 1.29 is 24.2 Å². The first-order chi connectivity index (χ1) is 22.5. The van der Waals surface area contributed by atoms with Gasteiger partial charge in [0.1, 0.15) is 12.2 Å². The first kappa shape index (κ1) is 44.9. The number of hydrogen-bond acceptors (Lipinski definition) is 6. The number of ether oxygens (including phenoxy) is 2. The van der Waals surface area contributed by atoms with Gasteiger partial charge in [0, 0.05) is 19.4 Å². The molecule has 0 heterocycles. The Morgan fingerprint density at radius 2 is 0.804 bits per heavy atom. The Labute approximate surface area is 286 Å². The van der Waals surface area contributed by atoms with Crippen LogP contribution < -0.4 is 0 Å². The molecule has 0 radical (unpaired) electrons. The Hall–Kier alpha value is -1.14. The van der Waals surface area contributed by atoms with Gasteiger partial charge in [-0.25, -0.2) is 0 Å². The number of rotatable bonds is 36. The number of carbonyl (C=O) groups excluding carboxylic acids is 2. The molecule has 0 fully saturated rings. The minimum absolute atomic E-state index is 0.0407. The van der Waals surface area contributed by atoms with Crippen molar-refractivity contribution in [3.05, 3.63) is 0 Å². The van der Waals surface area contributed by atoms with E-state index in [0.717, 1.165) is 64.5 Å². The quantitative estimate of drug-likeness (QED) is 0.0535. The van der Waals surface area contributed by atoms with Crippen molar-refractivity contribution in [3.8, 4) is 0 Å². The predicted octanol–water partition coefficient (Wildman–Crippen LogP) is 11.1. The molecule has 0 rings (SSSR count). The fraction of sp³-hybridized carbons (Fsp3) is 0.950. The molecule has 0 aromatic heterocycles. The van der Waals surface area contributed by atoms with Crippen molar-refractivity contribution in [1.82, 2.24) is 4.90 Å². The van der Waals surface area contributed by atoms with Gasteiger partial charge < -0.3 is 19.5 Å². The van der Waals surface area contributed by atoms with E-state index in [1.807, 2.05) is 0 Å². The molecule has 0 saturated carbocycles. The Balaban J connectivity index is 4.48. The molecule has 0 aliphatic rings. The van der Waals surface area contributed by atoms with Gasteiger partial charge in [-0.1, -0.05) is 137 Å². The van der Waals surface area contributed by atoms with Gasteiger partial charge in [0.2, 0.25) is 0 Å². The summed E-state index contributed by atoms with van der Waals surface area (Å²) in [4.78, 5) is 27.6. The zero-order chi connectivity index (χ0) is 33.9. The standard InChI is InChI=1S/C40H79NO5/c1-5-9-12-15-18-21-24-30-38(29-23-20-17-14-11-7-3)46-40(44)32-26-34-41(35-36-42)33-25-31-39(43)45-37(27-8-4)28-22-19-16-13-10-6-2/h37-38,42H,5-36H2,1-4H3. The molecule has 6 heteroatoms. The fourth-order valence-corrected chi connectivity index (χ4v) is 6.34. The van der Waals surface area contributed by atoms with Crippen LogP contribution in [-0.4, -0.2) is 60.4 Å². The van der Waals surface area contributed by atoms with Gasteiger partial charge in [0.05, 0.1) is 6.61 Å². The molecule has 0 bridgehead atoms. The molecule has 274 valence electrons. The lowest BCUT2D eigenvalue weighted by molar-refractivity contribution is -0.150. The van der Waals surface area contributed by atoms with E-state index in [1.165, 1.54) is 103 Å². The van der Waals surface area contributed by atoms with E-state index in [-0.39, 0.29) is 30.8 Å². The van der Waals surface area contributed by atoms with Gasteiger partial charge in [-0.2, -0.15) is 0 Å². The minimum Gasteiger partial charge on any atom is -0.462 e. The molecule has 0 aliphatic heterocycles. The van der Waals surface area contributed by atoms with Gasteiger partial charge in [0.25, 0.3) is 0 Å². The number of carbonyl (C=O) groups is 2. The Kier molecular flexibility index (Phi) is 34.3. The van der Waals surface area contributed by atoms with Crippen LogP contribution in [0.1, 0.15) is 207 Å². The molecule has 2 unspecified atom stereocenters. The molecule has 0 aromatic carbocycles. The molecule has 46 heavy (non-hydrogen) atoms. The van der Waals surface area contributed by atoms with Crippen LogP contribution >= 0.6 is 0 Å². The lowest BCUT2D eigenvalue weighted by Gasteiger charge is -2.22. The second-order valence-electron chi connectivity index (χ2n) is 13.8. The highest BCUT2D eigenvalue weighted by Gasteiger charge is 2.17. The van der Waals surface area contributed by atoms with Crippen molar-refractivity contribution in [3.63, 3.8) is 0 Å². The van der Waals surface area contributed by atoms with E-state index in [1.54, 1.807) is 0 Å². The molecule has 0 aromatic rings. The second kappa shape index (κ2) is 35.2. The average molecular weight is 654 g/mol. The van der Waals surface area contributed by atoms with Gasteiger partial charge in [-0.05, 0) is 70.9 Å². The summed E-state index contributed by atoms with van der Waals surface area (Å²) < 4.78 is 11.9. The van der Waals surface area contributed by atoms with Crippen LogP contribution in [0.5, 0.6) is 0 Å². The summed E-state index contributed by atoms with van der Waals surface area (Å²) in [6.07, 6.45) is 31.2. The van der Waals surface area contributed by atoms with Crippen LogP contribution in [0.2, 0.25) is 0 Å². The number of esters is 2. The molecule has 2 atom stereocenters. The number of aliphatic hydroxyl groups excluding tert-OH is 1. The van der Waals surface area contributed by atoms with Crippen LogP contribution in [0.25, 0.3) is 0 Å². The van der Waals surface area contributed by atoms with Crippen LogP contribution in [0, 0.1) is 0 Å². The molecule has 0 amide bonds. The highest BCUT2D eigenvalue weighted by molar-refractivity contribution is 5.69. The highest BCUT2D eigenvalue weighted by atomic mass is 16.5. The smallest absolute Gasteiger partial charge is 0.306 e. The van der Waals surface area contributed by atoms with E-state index < -0.39 is 0 Å². The Morgan fingerprint density at radius 3 is 1.15 bits per heavy atom. The maximum Gasteiger partial charge on any atom is 0.306 e. The van der Waals surface area contributed by atoms with E-state index in [4.69, 9.17) is 9.47 Å². The number of hydrogen-bond donors (Lipinski definition) is 1. The summed E-state index contributed by atoms with van der Waals surface area (Å²) in [6, 6.07) is 0.